The van der Waals surface area contributed by atoms with E-state index >= 15 is 0 Å². The first-order chi connectivity index (χ1) is 7.93. The molecule has 5 nitrogen and oxygen atoms in total. The molecular formula is C10H15BrN2O3S. The van der Waals surface area contributed by atoms with Crippen LogP contribution >= 0.6 is 15.9 Å². The van der Waals surface area contributed by atoms with Gasteiger partial charge >= 0.3 is 0 Å². The van der Waals surface area contributed by atoms with Crippen molar-refractivity contribution in [1.29, 1.82) is 0 Å². The van der Waals surface area contributed by atoms with Gasteiger partial charge in [0, 0.05) is 17.6 Å². The van der Waals surface area contributed by atoms with Gasteiger partial charge in [-0.3, -0.25) is 0 Å². The first-order valence-electron chi connectivity index (χ1n) is 5.09. The van der Waals surface area contributed by atoms with Crippen molar-refractivity contribution in [3.63, 3.8) is 0 Å². The van der Waals surface area contributed by atoms with Crippen LogP contribution in [0.15, 0.2) is 27.6 Å². The van der Waals surface area contributed by atoms with Crippen molar-refractivity contribution in [3.8, 4) is 0 Å². The first kappa shape index (κ1) is 14.4. The van der Waals surface area contributed by atoms with Crippen LogP contribution in [0.25, 0.3) is 0 Å². The number of nitrogen functional groups attached to an aromatic ring is 1. The molecule has 0 aliphatic carbocycles. The summed E-state index contributed by atoms with van der Waals surface area (Å²) in [4.78, 5) is 0.0576. The van der Waals surface area contributed by atoms with E-state index in [0.717, 1.165) is 0 Å². The van der Waals surface area contributed by atoms with Crippen molar-refractivity contribution in [2.45, 2.75) is 11.8 Å². The number of likely N-dealkylation sites (N-methyl/N-ethyl adjacent to an activating group) is 1. The first-order valence-corrected chi connectivity index (χ1v) is 7.32. The molecule has 1 rings (SSSR count). The molecule has 0 atom stereocenters. The Kier molecular flexibility index (Phi) is 4.93. The van der Waals surface area contributed by atoms with Crippen molar-refractivity contribution in [1.82, 2.24) is 4.31 Å². The van der Waals surface area contributed by atoms with Crippen LogP contribution in [0.1, 0.15) is 6.92 Å². The van der Waals surface area contributed by atoms with Gasteiger partial charge in [-0.05, 0) is 18.2 Å². The number of anilines is 1. The number of nitrogens with zero attached hydrogens (tertiary/aromatic N) is 1. The number of hydrogen-bond donors (Lipinski definition) is 2. The molecule has 0 spiro atoms. The molecule has 96 valence electrons. The number of halogens is 1. The van der Waals surface area contributed by atoms with Gasteiger partial charge in [-0.25, -0.2) is 8.42 Å². The van der Waals surface area contributed by atoms with Gasteiger partial charge in [0.2, 0.25) is 10.0 Å². The maximum atomic E-state index is 12.2. The molecular weight excluding hydrogens is 308 g/mol. The molecule has 0 heterocycles. The quantitative estimate of drug-likeness (QED) is 0.793. The summed E-state index contributed by atoms with van der Waals surface area (Å²) >= 11 is 3.21. The standard InChI is InChI=1S/C10H15BrN2O3S/c1-2-13(5-6-14)17(15,16)10-7-8(11)3-4-9(10)12/h3-4,7,14H,2,5-6,12H2,1H3. The molecule has 0 bridgehead atoms. The van der Waals surface area contributed by atoms with Crippen LogP contribution in [-0.2, 0) is 10.0 Å². The summed E-state index contributed by atoms with van der Waals surface area (Å²) in [6, 6.07) is 4.67. The van der Waals surface area contributed by atoms with Crippen molar-refractivity contribution in [2.24, 2.45) is 0 Å². The Morgan fingerprint density at radius 1 is 1.47 bits per heavy atom. The highest BCUT2D eigenvalue weighted by atomic mass is 79.9. The summed E-state index contributed by atoms with van der Waals surface area (Å²) in [5, 5.41) is 8.86. The molecule has 0 amide bonds. The van der Waals surface area contributed by atoms with Gasteiger partial charge in [0.15, 0.2) is 0 Å². The number of benzene rings is 1. The average Bonchev–Trinajstić information content (AvgIpc) is 2.28. The monoisotopic (exact) mass is 322 g/mol. The largest absolute Gasteiger partial charge is 0.398 e. The van der Waals surface area contributed by atoms with Crippen molar-refractivity contribution >= 4 is 31.6 Å². The molecule has 0 saturated carbocycles. The van der Waals surface area contributed by atoms with Crippen molar-refractivity contribution in [3.05, 3.63) is 22.7 Å². The van der Waals surface area contributed by atoms with Crippen LogP contribution in [0.2, 0.25) is 0 Å². The highest BCUT2D eigenvalue weighted by Gasteiger charge is 2.24. The van der Waals surface area contributed by atoms with Crippen LogP contribution in [0, 0.1) is 0 Å². The summed E-state index contributed by atoms with van der Waals surface area (Å²) in [5.74, 6) is 0. The molecule has 0 unspecified atom stereocenters. The molecule has 0 aliphatic rings. The van der Waals surface area contributed by atoms with Crippen LogP contribution in [0.5, 0.6) is 0 Å². The number of aliphatic hydroxyl groups is 1. The van der Waals surface area contributed by atoms with Gasteiger partial charge in [0.05, 0.1) is 12.3 Å². The van der Waals surface area contributed by atoms with E-state index in [9.17, 15) is 8.42 Å². The van der Waals surface area contributed by atoms with Crippen LogP contribution in [0.4, 0.5) is 5.69 Å². The molecule has 17 heavy (non-hydrogen) atoms. The lowest BCUT2D eigenvalue weighted by Crippen LogP contribution is -2.33. The highest BCUT2D eigenvalue weighted by Crippen LogP contribution is 2.25. The Hall–Kier alpha value is -0.630. The second-order valence-electron chi connectivity index (χ2n) is 3.40. The summed E-state index contributed by atoms with van der Waals surface area (Å²) in [5.41, 5.74) is 5.87. The number of rotatable bonds is 5. The minimum absolute atomic E-state index is 0.0576. The maximum Gasteiger partial charge on any atom is 0.245 e. The second-order valence-corrected chi connectivity index (χ2v) is 6.22. The van der Waals surface area contributed by atoms with Crippen molar-refractivity contribution < 1.29 is 13.5 Å². The van der Waals surface area contributed by atoms with Gasteiger partial charge in [-0.1, -0.05) is 22.9 Å². The minimum Gasteiger partial charge on any atom is -0.398 e. The highest BCUT2D eigenvalue weighted by molar-refractivity contribution is 9.10. The van der Waals surface area contributed by atoms with E-state index in [1.54, 1.807) is 13.0 Å². The Morgan fingerprint density at radius 2 is 2.12 bits per heavy atom. The minimum atomic E-state index is -3.65. The third kappa shape index (κ3) is 3.19. The average molecular weight is 323 g/mol. The summed E-state index contributed by atoms with van der Waals surface area (Å²) in [6.07, 6.45) is 0. The molecule has 0 aromatic heterocycles. The second kappa shape index (κ2) is 5.81. The number of aliphatic hydroxyl groups excluding tert-OH is 1. The zero-order chi connectivity index (χ0) is 13.1. The van der Waals surface area contributed by atoms with E-state index in [1.807, 2.05) is 0 Å². The van der Waals surface area contributed by atoms with E-state index in [0.29, 0.717) is 4.47 Å². The predicted octanol–water partition coefficient (Wildman–Crippen LogP) is 1.03. The summed E-state index contributed by atoms with van der Waals surface area (Å²) < 4.78 is 26.3. The molecule has 1 aromatic carbocycles. The molecule has 0 fully saturated rings. The summed E-state index contributed by atoms with van der Waals surface area (Å²) in [6.45, 7) is 1.84. The molecule has 0 radical (unpaired) electrons. The lowest BCUT2D eigenvalue weighted by atomic mass is 10.3. The van der Waals surface area contributed by atoms with Gasteiger partial charge in [0.25, 0.3) is 0 Å². The molecule has 7 heteroatoms. The van der Waals surface area contributed by atoms with E-state index in [1.165, 1.54) is 16.4 Å². The van der Waals surface area contributed by atoms with E-state index in [2.05, 4.69) is 15.9 Å². The van der Waals surface area contributed by atoms with Gasteiger partial charge < -0.3 is 10.8 Å². The number of sulfonamides is 1. The normalized spacial score (nSPS) is 12.0. The number of hydrogen-bond acceptors (Lipinski definition) is 4. The third-order valence-corrected chi connectivity index (χ3v) is 4.82. The Bertz CT molecular complexity index is 490. The smallest absolute Gasteiger partial charge is 0.245 e. The van der Waals surface area contributed by atoms with Crippen molar-refractivity contribution in [2.75, 3.05) is 25.4 Å². The Morgan fingerprint density at radius 3 is 2.65 bits per heavy atom. The zero-order valence-corrected chi connectivity index (χ0v) is 11.8. The zero-order valence-electron chi connectivity index (χ0n) is 9.43. The van der Waals surface area contributed by atoms with E-state index in [4.69, 9.17) is 10.8 Å². The van der Waals surface area contributed by atoms with Gasteiger partial charge in [-0.15, -0.1) is 0 Å². The summed E-state index contributed by atoms with van der Waals surface area (Å²) in [7, 11) is -3.65. The fraction of sp³-hybridized carbons (Fsp3) is 0.400. The van der Waals surface area contributed by atoms with Crippen LogP contribution < -0.4 is 5.73 Å². The predicted molar refractivity (Wildman–Crippen MR) is 70.1 cm³/mol. The molecule has 0 saturated heterocycles. The van der Waals surface area contributed by atoms with Crippen LogP contribution in [0.3, 0.4) is 0 Å². The van der Waals surface area contributed by atoms with Gasteiger partial charge in [-0.2, -0.15) is 4.31 Å². The lowest BCUT2D eigenvalue weighted by molar-refractivity contribution is 0.257. The molecule has 1 aromatic rings. The molecule has 3 N–H and O–H groups in total. The fourth-order valence-electron chi connectivity index (χ4n) is 1.43. The molecule has 0 aliphatic heterocycles. The van der Waals surface area contributed by atoms with E-state index in [-0.39, 0.29) is 30.3 Å². The van der Waals surface area contributed by atoms with Crippen LogP contribution in [-0.4, -0.2) is 37.5 Å². The maximum absolute atomic E-state index is 12.2. The Labute approximate surface area is 109 Å². The van der Waals surface area contributed by atoms with E-state index < -0.39 is 10.0 Å². The Balaban J connectivity index is 3.24. The fourth-order valence-corrected chi connectivity index (χ4v) is 3.52. The number of nitrogens with two attached hydrogens (primary N) is 1. The topological polar surface area (TPSA) is 83.6 Å². The third-order valence-electron chi connectivity index (χ3n) is 2.30. The van der Waals surface area contributed by atoms with Gasteiger partial charge in [0.1, 0.15) is 4.90 Å². The lowest BCUT2D eigenvalue weighted by Gasteiger charge is -2.20. The SMILES string of the molecule is CCN(CCO)S(=O)(=O)c1cc(Br)ccc1N.